The maximum absolute atomic E-state index is 11.5. The number of nitrogens with one attached hydrogen (secondary N) is 1. The minimum Gasteiger partial charge on any atom is -0.364 e. The van der Waals surface area contributed by atoms with Gasteiger partial charge in [0.15, 0.2) is 5.69 Å². The SMILES string of the molecule is CN1CCC(n2cc(-c3ccc4[nH]nc(C(N)=O)c4c3)cn2)CC1. The molecule has 3 heterocycles. The number of piperidine rings is 1. The summed E-state index contributed by atoms with van der Waals surface area (Å²) in [5, 5.41) is 12.1. The molecule has 1 aliphatic rings. The molecule has 24 heavy (non-hydrogen) atoms. The predicted molar refractivity (Wildman–Crippen MR) is 91.6 cm³/mol. The number of aromatic nitrogens is 4. The topological polar surface area (TPSA) is 92.8 Å². The van der Waals surface area contributed by atoms with Crippen molar-refractivity contribution in [3.05, 3.63) is 36.3 Å². The van der Waals surface area contributed by atoms with Crippen molar-refractivity contribution >= 4 is 16.8 Å². The van der Waals surface area contributed by atoms with Gasteiger partial charge in [-0.15, -0.1) is 0 Å². The number of carbonyl (C=O) groups excluding carboxylic acids is 1. The maximum atomic E-state index is 11.5. The van der Waals surface area contributed by atoms with E-state index in [2.05, 4.69) is 38.1 Å². The molecular formula is C17H20N6O. The minimum atomic E-state index is -0.527. The fraction of sp³-hybridized carbons (Fsp3) is 0.353. The van der Waals surface area contributed by atoms with Crippen LogP contribution in [0, 0.1) is 0 Å². The van der Waals surface area contributed by atoms with Crippen LogP contribution in [0.15, 0.2) is 30.6 Å². The highest BCUT2D eigenvalue weighted by molar-refractivity contribution is 6.04. The van der Waals surface area contributed by atoms with Crippen LogP contribution < -0.4 is 5.73 Å². The van der Waals surface area contributed by atoms with E-state index in [1.807, 2.05) is 24.4 Å². The quantitative estimate of drug-likeness (QED) is 0.768. The number of benzene rings is 1. The molecular weight excluding hydrogens is 304 g/mol. The summed E-state index contributed by atoms with van der Waals surface area (Å²) in [6.07, 6.45) is 6.19. The van der Waals surface area contributed by atoms with Crippen LogP contribution >= 0.6 is 0 Å². The van der Waals surface area contributed by atoms with Gasteiger partial charge in [-0.2, -0.15) is 10.2 Å². The van der Waals surface area contributed by atoms with E-state index in [0.29, 0.717) is 6.04 Å². The highest BCUT2D eigenvalue weighted by Gasteiger charge is 2.19. The van der Waals surface area contributed by atoms with Gasteiger partial charge in [-0.3, -0.25) is 14.6 Å². The molecule has 1 aliphatic heterocycles. The zero-order chi connectivity index (χ0) is 16.7. The van der Waals surface area contributed by atoms with Crippen LogP contribution in [-0.2, 0) is 0 Å². The number of likely N-dealkylation sites (tertiary alicyclic amines) is 1. The Hall–Kier alpha value is -2.67. The zero-order valence-corrected chi connectivity index (χ0v) is 13.6. The van der Waals surface area contributed by atoms with Crippen molar-refractivity contribution in [2.24, 2.45) is 5.73 Å². The Morgan fingerprint density at radius 1 is 1.29 bits per heavy atom. The number of primary amides is 1. The van der Waals surface area contributed by atoms with Crippen molar-refractivity contribution in [3.8, 4) is 11.1 Å². The van der Waals surface area contributed by atoms with Crippen molar-refractivity contribution in [2.45, 2.75) is 18.9 Å². The van der Waals surface area contributed by atoms with Gasteiger partial charge in [-0.05, 0) is 50.7 Å². The average Bonchev–Trinajstić information content (AvgIpc) is 3.22. The number of fused-ring (bicyclic) bond motifs is 1. The first kappa shape index (κ1) is 14.9. The Kier molecular flexibility index (Phi) is 3.57. The van der Waals surface area contributed by atoms with Crippen LogP contribution in [0.1, 0.15) is 29.4 Å². The van der Waals surface area contributed by atoms with Crippen molar-refractivity contribution in [2.75, 3.05) is 20.1 Å². The molecule has 0 spiro atoms. The molecule has 1 amide bonds. The molecule has 1 fully saturated rings. The molecule has 0 bridgehead atoms. The summed E-state index contributed by atoms with van der Waals surface area (Å²) in [4.78, 5) is 13.8. The minimum absolute atomic E-state index is 0.273. The maximum Gasteiger partial charge on any atom is 0.269 e. The fourth-order valence-electron chi connectivity index (χ4n) is 3.33. The molecule has 7 nitrogen and oxygen atoms in total. The third-order valence-electron chi connectivity index (χ3n) is 4.79. The number of nitrogens with zero attached hydrogens (tertiary/aromatic N) is 4. The second kappa shape index (κ2) is 5.76. The van der Waals surface area contributed by atoms with Crippen LogP contribution in [0.4, 0.5) is 0 Å². The number of rotatable bonds is 3. The van der Waals surface area contributed by atoms with E-state index in [1.165, 1.54) is 0 Å². The highest BCUT2D eigenvalue weighted by atomic mass is 16.1. The lowest BCUT2D eigenvalue weighted by atomic mass is 10.0. The molecule has 3 N–H and O–H groups in total. The molecule has 3 aromatic rings. The first-order chi connectivity index (χ1) is 11.6. The van der Waals surface area contributed by atoms with Crippen molar-refractivity contribution < 1.29 is 4.79 Å². The Labute approximate surface area is 139 Å². The zero-order valence-electron chi connectivity index (χ0n) is 13.6. The van der Waals surface area contributed by atoms with Crippen molar-refractivity contribution in [1.29, 1.82) is 0 Å². The van der Waals surface area contributed by atoms with Gasteiger partial charge in [0, 0.05) is 17.1 Å². The van der Waals surface area contributed by atoms with Crippen LogP contribution in [-0.4, -0.2) is 50.9 Å². The summed E-state index contributed by atoms with van der Waals surface area (Å²) in [5.74, 6) is -0.527. The van der Waals surface area contributed by atoms with Gasteiger partial charge in [0.25, 0.3) is 5.91 Å². The number of amides is 1. The van der Waals surface area contributed by atoms with Crippen LogP contribution in [0.25, 0.3) is 22.0 Å². The Balaban J connectivity index is 1.65. The van der Waals surface area contributed by atoms with E-state index >= 15 is 0 Å². The molecule has 0 saturated carbocycles. The Morgan fingerprint density at radius 3 is 2.83 bits per heavy atom. The van der Waals surface area contributed by atoms with Gasteiger partial charge in [0.05, 0.1) is 17.8 Å². The van der Waals surface area contributed by atoms with E-state index in [4.69, 9.17) is 5.73 Å². The molecule has 1 aromatic carbocycles. The Morgan fingerprint density at radius 2 is 2.08 bits per heavy atom. The normalized spacial score (nSPS) is 16.7. The number of nitrogens with two attached hydrogens (primary N) is 1. The smallest absolute Gasteiger partial charge is 0.269 e. The second-order valence-corrected chi connectivity index (χ2v) is 6.44. The monoisotopic (exact) mass is 324 g/mol. The third-order valence-corrected chi connectivity index (χ3v) is 4.79. The number of carbonyl (C=O) groups is 1. The fourth-order valence-corrected chi connectivity index (χ4v) is 3.33. The van der Waals surface area contributed by atoms with Crippen LogP contribution in [0.5, 0.6) is 0 Å². The number of hydrogen-bond acceptors (Lipinski definition) is 4. The average molecular weight is 324 g/mol. The lowest BCUT2D eigenvalue weighted by molar-refractivity contribution is 0.0997. The molecule has 0 aliphatic carbocycles. The molecule has 0 radical (unpaired) electrons. The first-order valence-electron chi connectivity index (χ1n) is 8.13. The second-order valence-electron chi connectivity index (χ2n) is 6.44. The van der Waals surface area contributed by atoms with Gasteiger partial charge < -0.3 is 10.6 Å². The molecule has 4 rings (SSSR count). The number of aromatic amines is 1. The summed E-state index contributed by atoms with van der Waals surface area (Å²) in [7, 11) is 2.15. The van der Waals surface area contributed by atoms with E-state index < -0.39 is 5.91 Å². The van der Waals surface area contributed by atoms with Crippen LogP contribution in [0.2, 0.25) is 0 Å². The Bertz CT molecular complexity index is 888. The molecule has 7 heteroatoms. The largest absolute Gasteiger partial charge is 0.364 e. The van der Waals surface area contributed by atoms with E-state index in [9.17, 15) is 4.79 Å². The summed E-state index contributed by atoms with van der Waals surface area (Å²) in [6.45, 7) is 2.20. The number of H-pyrrole nitrogens is 1. The standard InChI is InChI=1S/C17H20N6O/c1-22-6-4-13(5-7-22)23-10-12(9-19-23)11-2-3-15-14(8-11)16(17(18)24)21-20-15/h2-3,8-10,13H,4-7H2,1H3,(H2,18,24)(H,20,21). The summed E-state index contributed by atoms with van der Waals surface area (Å²) < 4.78 is 2.07. The third kappa shape index (κ3) is 2.56. The van der Waals surface area contributed by atoms with Crippen LogP contribution in [0.3, 0.4) is 0 Å². The van der Waals surface area contributed by atoms with E-state index in [-0.39, 0.29) is 5.69 Å². The molecule has 124 valence electrons. The van der Waals surface area contributed by atoms with Gasteiger partial charge in [0.2, 0.25) is 0 Å². The van der Waals surface area contributed by atoms with Gasteiger partial charge in [-0.25, -0.2) is 0 Å². The summed E-state index contributed by atoms with van der Waals surface area (Å²) >= 11 is 0. The van der Waals surface area contributed by atoms with Gasteiger partial charge >= 0.3 is 0 Å². The molecule has 0 unspecified atom stereocenters. The summed E-state index contributed by atoms with van der Waals surface area (Å²) in [5.41, 5.74) is 8.50. The predicted octanol–water partition coefficient (Wildman–Crippen LogP) is 1.79. The van der Waals surface area contributed by atoms with Crippen molar-refractivity contribution in [1.82, 2.24) is 24.9 Å². The molecule has 2 aromatic heterocycles. The number of hydrogen-bond donors (Lipinski definition) is 2. The lowest BCUT2D eigenvalue weighted by Gasteiger charge is -2.28. The van der Waals surface area contributed by atoms with E-state index in [1.54, 1.807) is 0 Å². The highest BCUT2D eigenvalue weighted by Crippen LogP contribution is 2.27. The summed E-state index contributed by atoms with van der Waals surface area (Å²) in [6, 6.07) is 6.31. The molecule has 1 saturated heterocycles. The molecule has 0 atom stereocenters. The lowest BCUT2D eigenvalue weighted by Crippen LogP contribution is -2.31. The first-order valence-corrected chi connectivity index (χ1v) is 8.13. The van der Waals surface area contributed by atoms with E-state index in [0.717, 1.165) is 48.0 Å². The van der Waals surface area contributed by atoms with Gasteiger partial charge in [-0.1, -0.05) is 6.07 Å². The van der Waals surface area contributed by atoms with Crippen molar-refractivity contribution in [3.63, 3.8) is 0 Å². The van der Waals surface area contributed by atoms with Gasteiger partial charge in [0.1, 0.15) is 0 Å².